The van der Waals surface area contributed by atoms with Gasteiger partial charge in [0.15, 0.2) is 11.9 Å². The molecule has 0 amide bonds. The number of benzene rings is 2. The molecule has 1 heterocycles. The molecule has 8 heteroatoms. The van der Waals surface area contributed by atoms with Gasteiger partial charge in [-0.15, -0.1) is 0 Å². The van der Waals surface area contributed by atoms with Crippen molar-refractivity contribution in [3.8, 4) is 0 Å². The fraction of sp³-hybridized carbons (Fsp3) is 0.118. The first-order valence-corrected chi connectivity index (χ1v) is 7.40. The molecule has 126 valence electrons. The summed E-state index contributed by atoms with van der Waals surface area (Å²) in [7, 11) is 0. The summed E-state index contributed by atoms with van der Waals surface area (Å²) in [6.45, 7) is 1.56. The third-order valence-corrected chi connectivity index (χ3v) is 3.59. The Morgan fingerprint density at radius 2 is 2.00 bits per heavy atom. The topological polar surface area (TPSA) is 115 Å². The number of non-ortho nitro benzene ring substituents is 1. The molecule has 0 bridgehead atoms. The van der Waals surface area contributed by atoms with Crippen LogP contribution in [0.5, 0.6) is 0 Å². The van der Waals surface area contributed by atoms with Crippen molar-refractivity contribution in [2.75, 3.05) is 0 Å². The minimum atomic E-state index is -0.830. The van der Waals surface area contributed by atoms with Gasteiger partial charge in [-0.05, 0) is 25.1 Å². The van der Waals surface area contributed by atoms with E-state index in [1.54, 1.807) is 31.2 Å². The molecule has 8 nitrogen and oxygen atoms in total. The molecule has 1 N–H and O–H groups in total. The molecule has 25 heavy (non-hydrogen) atoms. The summed E-state index contributed by atoms with van der Waals surface area (Å²) in [5, 5.41) is 11.2. The summed E-state index contributed by atoms with van der Waals surface area (Å²) in [6.07, 6.45) is -0.830. The van der Waals surface area contributed by atoms with Gasteiger partial charge in [-0.3, -0.25) is 14.9 Å². The molecule has 0 fully saturated rings. The molecule has 0 radical (unpaired) electrons. The third kappa shape index (κ3) is 3.37. The number of ether oxygens (including phenoxy) is 1. The van der Waals surface area contributed by atoms with E-state index in [1.165, 1.54) is 18.2 Å². The lowest BCUT2D eigenvalue weighted by atomic mass is 10.2. The highest BCUT2D eigenvalue weighted by molar-refractivity contribution is 5.90. The largest absolute Gasteiger partial charge is 0.451 e. The molecule has 0 aliphatic carbocycles. The maximum atomic E-state index is 12.2. The molecule has 0 unspecified atom stereocenters. The van der Waals surface area contributed by atoms with Crippen molar-refractivity contribution >= 4 is 22.6 Å². The Morgan fingerprint density at radius 1 is 1.24 bits per heavy atom. The molecule has 1 atom stereocenters. The van der Waals surface area contributed by atoms with Gasteiger partial charge in [0.05, 0.1) is 21.4 Å². The van der Waals surface area contributed by atoms with Crippen LogP contribution in [0.3, 0.4) is 0 Å². The normalized spacial score (nSPS) is 11.9. The minimum Gasteiger partial charge on any atom is -0.451 e. The quantitative estimate of drug-likeness (QED) is 0.444. The van der Waals surface area contributed by atoms with E-state index in [0.29, 0.717) is 10.9 Å². The minimum absolute atomic E-state index is 0.0455. The van der Waals surface area contributed by atoms with Crippen LogP contribution >= 0.6 is 0 Å². The lowest BCUT2D eigenvalue weighted by Crippen LogP contribution is -2.17. The Morgan fingerprint density at radius 3 is 2.76 bits per heavy atom. The standard InChI is InChI=1S/C17H13N3O5/c1-10(15-18-14-8-3-2-7-13(14)16(21)19-15)25-17(22)11-5-4-6-12(9-11)20(23)24/h2-10H,1H3,(H,18,19,21)/t10-/m0/s1. The Bertz CT molecular complexity index is 1030. The summed E-state index contributed by atoms with van der Waals surface area (Å²) in [4.78, 5) is 41.3. The second kappa shape index (κ2) is 6.52. The van der Waals surface area contributed by atoms with Crippen molar-refractivity contribution in [2.45, 2.75) is 13.0 Å². The summed E-state index contributed by atoms with van der Waals surface area (Å²) in [5.41, 5.74) is -0.0122. The number of fused-ring (bicyclic) bond motifs is 1. The Kier molecular flexibility index (Phi) is 4.25. The second-order valence-corrected chi connectivity index (χ2v) is 5.32. The summed E-state index contributed by atoms with van der Waals surface area (Å²) in [6, 6.07) is 12.0. The summed E-state index contributed by atoms with van der Waals surface area (Å²) in [5.74, 6) is -0.547. The molecule has 0 saturated heterocycles. The number of carbonyl (C=O) groups is 1. The van der Waals surface area contributed by atoms with E-state index in [9.17, 15) is 19.7 Å². The predicted octanol–water partition coefficient (Wildman–Crippen LogP) is 2.75. The van der Waals surface area contributed by atoms with Crippen molar-refractivity contribution in [2.24, 2.45) is 0 Å². The zero-order valence-corrected chi connectivity index (χ0v) is 13.1. The zero-order chi connectivity index (χ0) is 18.0. The van der Waals surface area contributed by atoms with Crippen LogP contribution in [-0.4, -0.2) is 20.9 Å². The molecule has 3 aromatic rings. The van der Waals surface area contributed by atoms with Gasteiger partial charge in [0, 0.05) is 12.1 Å². The first-order chi connectivity index (χ1) is 12.0. The Labute approximate surface area is 141 Å². The number of hydrogen-bond acceptors (Lipinski definition) is 6. The molecule has 0 aliphatic heterocycles. The molecule has 0 saturated carbocycles. The van der Waals surface area contributed by atoms with Gasteiger partial charge in [-0.1, -0.05) is 18.2 Å². The van der Waals surface area contributed by atoms with Crippen molar-refractivity contribution in [3.63, 3.8) is 0 Å². The monoisotopic (exact) mass is 339 g/mol. The number of esters is 1. The highest BCUT2D eigenvalue weighted by Crippen LogP contribution is 2.19. The van der Waals surface area contributed by atoms with Crippen LogP contribution < -0.4 is 5.56 Å². The van der Waals surface area contributed by atoms with Gasteiger partial charge in [-0.2, -0.15) is 0 Å². The number of nitrogens with one attached hydrogen (secondary N) is 1. The third-order valence-electron chi connectivity index (χ3n) is 3.59. The van der Waals surface area contributed by atoms with E-state index in [2.05, 4.69) is 9.97 Å². The summed E-state index contributed by atoms with van der Waals surface area (Å²) < 4.78 is 5.27. The van der Waals surface area contributed by atoms with Crippen molar-refractivity contribution in [3.05, 3.63) is 80.4 Å². The van der Waals surface area contributed by atoms with Crippen molar-refractivity contribution in [1.82, 2.24) is 9.97 Å². The molecular weight excluding hydrogens is 326 g/mol. The van der Waals surface area contributed by atoms with Gasteiger partial charge in [0.25, 0.3) is 11.2 Å². The molecule has 0 aliphatic rings. The number of nitrogens with zero attached hydrogens (tertiary/aromatic N) is 2. The van der Waals surface area contributed by atoms with Crippen LogP contribution in [0, 0.1) is 10.1 Å². The molecule has 2 aromatic carbocycles. The molecule has 1 aromatic heterocycles. The number of aromatic nitrogens is 2. The molecule has 3 rings (SSSR count). The summed E-state index contributed by atoms with van der Waals surface area (Å²) >= 11 is 0. The van der Waals surface area contributed by atoms with Crippen LogP contribution in [0.15, 0.2) is 53.3 Å². The first-order valence-electron chi connectivity index (χ1n) is 7.40. The lowest BCUT2D eigenvalue weighted by molar-refractivity contribution is -0.384. The smallest absolute Gasteiger partial charge is 0.339 e. The SMILES string of the molecule is C[C@H](OC(=O)c1cccc([N+](=O)[O-])c1)c1nc2ccccc2c(=O)[nH]1. The van der Waals surface area contributed by atoms with Crippen LogP contribution in [0.4, 0.5) is 5.69 Å². The van der Waals surface area contributed by atoms with Gasteiger partial charge >= 0.3 is 5.97 Å². The number of para-hydroxylation sites is 1. The van der Waals surface area contributed by atoms with Crippen molar-refractivity contribution in [1.29, 1.82) is 0 Å². The van der Waals surface area contributed by atoms with Gasteiger partial charge in [0.2, 0.25) is 0 Å². The average Bonchev–Trinajstić information content (AvgIpc) is 2.61. The number of rotatable bonds is 4. The zero-order valence-electron chi connectivity index (χ0n) is 13.1. The van der Waals surface area contributed by atoms with Crippen LogP contribution in [0.1, 0.15) is 29.2 Å². The molecular formula is C17H13N3O5. The van der Waals surface area contributed by atoms with Gasteiger partial charge in [-0.25, -0.2) is 9.78 Å². The number of nitro groups is 1. The Balaban J connectivity index is 1.86. The number of aromatic amines is 1. The fourth-order valence-electron chi connectivity index (χ4n) is 2.33. The van der Waals surface area contributed by atoms with Crippen molar-refractivity contribution < 1.29 is 14.5 Å². The number of H-pyrrole nitrogens is 1. The van der Waals surface area contributed by atoms with Gasteiger partial charge in [0.1, 0.15) is 0 Å². The van der Waals surface area contributed by atoms with Crippen LogP contribution in [0.25, 0.3) is 10.9 Å². The Hall–Kier alpha value is -3.55. The second-order valence-electron chi connectivity index (χ2n) is 5.32. The highest BCUT2D eigenvalue weighted by atomic mass is 16.6. The average molecular weight is 339 g/mol. The van der Waals surface area contributed by atoms with E-state index < -0.39 is 17.0 Å². The number of carbonyl (C=O) groups excluding carboxylic acids is 1. The van der Waals surface area contributed by atoms with Crippen LogP contribution in [0.2, 0.25) is 0 Å². The number of nitro benzene ring substituents is 1. The maximum absolute atomic E-state index is 12.2. The van der Waals surface area contributed by atoms with E-state index >= 15 is 0 Å². The highest BCUT2D eigenvalue weighted by Gasteiger charge is 2.18. The maximum Gasteiger partial charge on any atom is 0.339 e. The van der Waals surface area contributed by atoms with E-state index in [1.807, 2.05) is 0 Å². The predicted molar refractivity (Wildman–Crippen MR) is 89.3 cm³/mol. The fourth-order valence-corrected chi connectivity index (χ4v) is 2.33. The van der Waals surface area contributed by atoms with E-state index in [0.717, 1.165) is 6.07 Å². The lowest BCUT2D eigenvalue weighted by Gasteiger charge is -2.13. The van der Waals surface area contributed by atoms with E-state index in [-0.39, 0.29) is 22.6 Å². The van der Waals surface area contributed by atoms with Crippen LogP contribution in [-0.2, 0) is 4.74 Å². The molecule has 0 spiro atoms. The first kappa shape index (κ1) is 16.3. The van der Waals surface area contributed by atoms with E-state index in [4.69, 9.17) is 4.74 Å². The van der Waals surface area contributed by atoms with Gasteiger partial charge < -0.3 is 9.72 Å². The number of hydrogen-bond donors (Lipinski definition) is 1.